The molecule has 0 bridgehead atoms. The molecule has 6 nitrogen and oxygen atoms in total. The summed E-state index contributed by atoms with van der Waals surface area (Å²) in [6.07, 6.45) is 0. The minimum Gasteiger partial charge on any atom is -0.384 e. The third kappa shape index (κ3) is 2.62. The molecule has 1 aromatic heterocycles. The van der Waals surface area contributed by atoms with Crippen molar-refractivity contribution in [2.24, 2.45) is 11.5 Å². The predicted octanol–water partition coefficient (Wildman–Crippen LogP) is 2.48. The van der Waals surface area contributed by atoms with Gasteiger partial charge in [-0.05, 0) is 48.5 Å². The van der Waals surface area contributed by atoms with Crippen molar-refractivity contribution in [2.45, 2.75) is 0 Å². The summed E-state index contributed by atoms with van der Waals surface area (Å²) >= 11 is 0. The first-order valence-electron chi connectivity index (χ1n) is 6.71. The monoisotopic (exact) mass is 292 g/mol. The van der Waals surface area contributed by atoms with Gasteiger partial charge < -0.3 is 21.8 Å². The molecule has 0 saturated heterocycles. The van der Waals surface area contributed by atoms with E-state index in [9.17, 15) is 0 Å². The second-order valence-corrected chi connectivity index (χ2v) is 5.01. The topological polar surface area (TPSA) is 128 Å². The van der Waals surface area contributed by atoms with Gasteiger partial charge in [-0.15, -0.1) is 0 Å². The molecule has 0 aliphatic heterocycles. The van der Waals surface area contributed by atoms with Gasteiger partial charge >= 0.3 is 0 Å². The lowest BCUT2D eigenvalue weighted by Gasteiger charge is -2.04. The molecule has 2 aromatic carbocycles. The van der Waals surface area contributed by atoms with Crippen molar-refractivity contribution < 1.29 is 0 Å². The van der Waals surface area contributed by atoms with Crippen LogP contribution in [0.25, 0.3) is 10.9 Å². The number of hydrogen-bond donors (Lipinski definition) is 6. The summed E-state index contributed by atoms with van der Waals surface area (Å²) in [4.78, 5) is 3.26. The second kappa shape index (κ2) is 5.25. The predicted molar refractivity (Wildman–Crippen MR) is 90.1 cm³/mol. The molecule has 8 N–H and O–H groups in total. The Morgan fingerprint density at radius 1 is 0.864 bits per heavy atom. The van der Waals surface area contributed by atoms with Crippen LogP contribution in [0.3, 0.4) is 0 Å². The summed E-state index contributed by atoms with van der Waals surface area (Å²) in [6, 6.07) is 14.9. The number of benzene rings is 2. The number of aromatic amines is 1. The molecule has 0 aliphatic carbocycles. The number of H-pyrrole nitrogens is 1. The third-order valence-corrected chi connectivity index (χ3v) is 3.41. The van der Waals surface area contributed by atoms with Gasteiger partial charge in [-0.3, -0.25) is 10.8 Å². The van der Waals surface area contributed by atoms with Crippen LogP contribution >= 0.6 is 0 Å². The summed E-state index contributed by atoms with van der Waals surface area (Å²) in [7, 11) is 0. The van der Waals surface area contributed by atoms with Crippen molar-refractivity contribution in [3.8, 4) is 0 Å². The van der Waals surface area contributed by atoms with Gasteiger partial charge in [0.25, 0.3) is 0 Å². The van der Waals surface area contributed by atoms with E-state index in [-0.39, 0.29) is 11.7 Å². The van der Waals surface area contributed by atoms with E-state index < -0.39 is 0 Å². The fourth-order valence-corrected chi connectivity index (χ4v) is 2.26. The van der Waals surface area contributed by atoms with Crippen LogP contribution in [0.5, 0.6) is 0 Å². The molecule has 3 aromatic rings. The normalized spacial score (nSPS) is 10.5. The van der Waals surface area contributed by atoms with Crippen molar-refractivity contribution in [2.75, 3.05) is 5.32 Å². The van der Waals surface area contributed by atoms with Gasteiger partial charge in [-0.25, -0.2) is 0 Å². The van der Waals surface area contributed by atoms with Gasteiger partial charge in [0.15, 0.2) is 0 Å². The van der Waals surface area contributed by atoms with Gasteiger partial charge in [0.1, 0.15) is 17.5 Å². The maximum atomic E-state index is 7.48. The molecule has 0 aliphatic rings. The highest BCUT2D eigenvalue weighted by atomic mass is 15.0. The van der Waals surface area contributed by atoms with Crippen LogP contribution in [-0.2, 0) is 0 Å². The fraction of sp³-hybridized carbons (Fsp3) is 0. The third-order valence-electron chi connectivity index (χ3n) is 3.41. The van der Waals surface area contributed by atoms with Crippen molar-refractivity contribution in [1.82, 2.24) is 4.98 Å². The standard InChI is InChI=1S/C16H16N6/c17-15(18)9-1-4-12(5-2-9)21-14-8-11-7-10(16(19)20)3-6-13(11)22-14/h1-8,21-22H,(H3,17,18)(H3,19,20). The number of fused-ring (bicyclic) bond motifs is 1. The average Bonchev–Trinajstić information content (AvgIpc) is 2.88. The van der Waals surface area contributed by atoms with Crippen LogP contribution < -0.4 is 16.8 Å². The molecule has 0 unspecified atom stereocenters. The Hall–Kier alpha value is -3.28. The molecule has 22 heavy (non-hydrogen) atoms. The van der Waals surface area contributed by atoms with E-state index in [0.717, 1.165) is 22.4 Å². The van der Waals surface area contributed by atoms with Crippen molar-refractivity contribution in [3.63, 3.8) is 0 Å². The van der Waals surface area contributed by atoms with E-state index in [1.165, 1.54) is 0 Å². The SMILES string of the molecule is N=C(N)c1ccc(Nc2cc3cc(C(=N)N)ccc3[nH]2)cc1. The maximum absolute atomic E-state index is 7.48. The summed E-state index contributed by atoms with van der Waals surface area (Å²) in [5.41, 5.74) is 14.2. The lowest BCUT2D eigenvalue weighted by atomic mass is 10.1. The smallest absolute Gasteiger partial charge is 0.122 e. The maximum Gasteiger partial charge on any atom is 0.122 e. The lowest BCUT2D eigenvalue weighted by molar-refractivity contribution is 1.40. The summed E-state index contributed by atoms with van der Waals surface area (Å²) < 4.78 is 0. The van der Waals surface area contributed by atoms with Crippen molar-refractivity contribution in [3.05, 3.63) is 59.7 Å². The van der Waals surface area contributed by atoms with E-state index >= 15 is 0 Å². The first-order chi connectivity index (χ1) is 10.5. The first kappa shape index (κ1) is 13.7. The Morgan fingerprint density at radius 2 is 1.50 bits per heavy atom. The number of anilines is 2. The number of aromatic nitrogens is 1. The Kier molecular flexibility index (Phi) is 3.27. The number of nitrogen functional groups attached to an aromatic ring is 2. The molecule has 0 spiro atoms. The van der Waals surface area contributed by atoms with Crippen LogP contribution in [-0.4, -0.2) is 16.7 Å². The molecular formula is C16H16N6. The van der Waals surface area contributed by atoms with Gasteiger partial charge in [0.2, 0.25) is 0 Å². The van der Waals surface area contributed by atoms with E-state index in [2.05, 4.69) is 10.3 Å². The summed E-state index contributed by atoms with van der Waals surface area (Å²) in [6.45, 7) is 0. The van der Waals surface area contributed by atoms with Gasteiger partial charge in [-0.1, -0.05) is 0 Å². The largest absolute Gasteiger partial charge is 0.384 e. The van der Waals surface area contributed by atoms with Crippen molar-refractivity contribution in [1.29, 1.82) is 10.8 Å². The fourth-order valence-electron chi connectivity index (χ4n) is 2.26. The van der Waals surface area contributed by atoms with Gasteiger partial charge in [0, 0.05) is 27.7 Å². The number of hydrogen-bond acceptors (Lipinski definition) is 3. The van der Waals surface area contributed by atoms with Crippen LogP contribution in [0, 0.1) is 10.8 Å². The quantitative estimate of drug-likeness (QED) is 0.326. The van der Waals surface area contributed by atoms with E-state index in [1.807, 2.05) is 36.4 Å². The highest BCUT2D eigenvalue weighted by Gasteiger charge is 2.04. The molecule has 0 saturated carbocycles. The minimum absolute atomic E-state index is 0.0499. The average molecular weight is 292 g/mol. The van der Waals surface area contributed by atoms with Crippen LogP contribution in [0.15, 0.2) is 48.5 Å². The zero-order valence-electron chi connectivity index (χ0n) is 11.8. The van der Waals surface area contributed by atoms with Crippen LogP contribution in [0.4, 0.5) is 11.5 Å². The van der Waals surface area contributed by atoms with Crippen molar-refractivity contribution >= 4 is 34.1 Å². The molecule has 0 fully saturated rings. The summed E-state index contributed by atoms with van der Waals surface area (Å²) in [5.74, 6) is 0.942. The Bertz CT molecular complexity index is 860. The number of nitrogens with two attached hydrogens (primary N) is 2. The van der Waals surface area contributed by atoms with Crippen LogP contribution in [0.1, 0.15) is 11.1 Å². The van der Waals surface area contributed by atoms with Gasteiger partial charge in [0.05, 0.1) is 0 Å². The Balaban J connectivity index is 1.87. The molecular weight excluding hydrogens is 276 g/mol. The molecule has 0 atom stereocenters. The molecule has 3 rings (SSSR count). The lowest BCUT2D eigenvalue weighted by Crippen LogP contribution is -2.10. The highest BCUT2D eigenvalue weighted by Crippen LogP contribution is 2.23. The Morgan fingerprint density at radius 3 is 2.14 bits per heavy atom. The number of nitrogens with one attached hydrogen (secondary N) is 4. The molecule has 0 radical (unpaired) electrons. The first-order valence-corrected chi connectivity index (χ1v) is 6.71. The molecule has 6 heteroatoms. The van der Waals surface area contributed by atoms with Gasteiger partial charge in [-0.2, -0.15) is 0 Å². The minimum atomic E-state index is 0.0499. The van der Waals surface area contributed by atoms with E-state index in [0.29, 0.717) is 11.1 Å². The summed E-state index contributed by atoms with van der Waals surface area (Å²) in [5, 5.41) is 19.1. The van der Waals surface area contributed by atoms with Crippen LogP contribution in [0.2, 0.25) is 0 Å². The number of rotatable bonds is 4. The van der Waals surface area contributed by atoms with E-state index in [4.69, 9.17) is 22.3 Å². The molecule has 110 valence electrons. The molecule has 1 heterocycles. The second-order valence-electron chi connectivity index (χ2n) is 5.01. The highest BCUT2D eigenvalue weighted by molar-refractivity contribution is 5.99. The zero-order valence-corrected chi connectivity index (χ0v) is 11.8. The molecule has 0 amide bonds. The Labute approximate surface area is 127 Å². The van der Waals surface area contributed by atoms with E-state index in [1.54, 1.807) is 12.1 Å². The number of amidine groups is 2. The zero-order chi connectivity index (χ0) is 15.7.